The van der Waals surface area contributed by atoms with Crippen molar-refractivity contribution in [3.05, 3.63) is 57.2 Å². The monoisotopic (exact) mass is 390 g/mol. The lowest BCUT2D eigenvalue weighted by molar-refractivity contribution is -0.131. The number of carbonyl (C=O) groups excluding carboxylic acids is 3. The highest BCUT2D eigenvalue weighted by Gasteiger charge is 2.52. The molecule has 2 aromatic rings. The van der Waals surface area contributed by atoms with Crippen LogP contribution in [0.2, 0.25) is 4.34 Å². The molecule has 1 aliphatic heterocycles. The number of Topliss-reactive ketones (excluding diaryl/α,β-unsaturated/α-hetero) is 1. The molecular formula is C19H19ClN2O3S. The van der Waals surface area contributed by atoms with Crippen LogP contribution in [0.15, 0.2) is 42.5 Å². The molecule has 1 fully saturated rings. The second-order valence-electron chi connectivity index (χ2n) is 6.22. The molecule has 0 spiro atoms. The second-order valence-corrected chi connectivity index (χ2v) is 7.94. The molecule has 1 saturated heterocycles. The van der Waals surface area contributed by atoms with Crippen LogP contribution in [0, 0.1) is 0 Å². The molecule has 7 heteroatoms. The molecule has 1 aliphatic rings. The molecule has 1 N–H and O–H groups in total. The molecule has 0 bridgehead atoms. The van der Waals surface area contributed by atoms with E-state index in [9.17, 15) is 14.4 Å². The molecule has 2 heterocycles. The maximum atomic E-state index is 13.2. The maximum absolute atomic E-state index is 13.2. The summed E-state index contributed by atoms with van der Waals surface area (Å²) in [7, 11) is 0. The predicted molar refractivity (Wildman–Crippen MR) is 102 cm³/mol. The quantitative estimate of drug-likeness (QED) is 0.568. The number of imide groups is 1. The number of halogens is 1. The van der Waals surface area contributed by atoms with Crippen LogP contribution in [0.3, 0.4) is 0 Å². The van der Waals surface area contributed by atoms with Gasteiger partial charge in [-0.25, -0.2) is 4.79 Å². The highest BCUT2D eigenvalue weighted by molar-refractivity contribution is 7.18. The Morgan fingerprint density at radius 3 is 2.54 bits per heavy atom. The number of unbranched alkanes of at least 4 members (excludes halogenated alkanes) is 1. The average Bonchev–Trinajstić information content (AvgIpc) is 3.18. The first-order valence-corrected chi connectivity index (χ1v) is 9.65. The van der Waals surface area contributed by atoms with Crippen molar-refractivity contribution in [2.75, 3.05) is 6.54 Å². The number of hydrogen-bond donors (Lipinski definition) is 1. The molecule has 3 amide bonds. The van der Waals surface area contributed by atoms with Gasteiger partial charge in [0.2, 0.25) is 0 Å². The Morgan fingerprint density at radius 2 is 1.92 bits per heavy atom. The third kappa shape index (κ3) is 3.39. The van der Waals surface area contributed by atoms with E-state index >= 15 is 0 Å². The first kappa shape index (κ1) is 18.6. The van der Waals surface area contributed by atoms with Crippen molar-refractivity contribution < 1.29 is 14.4 Å². The third-order valence-corrected chi connectivity index (χ3v) is 5.77. The number of hydrogen-bond acceptors (Lipinski definition) is 4. The van der Waals surface area contributed by atoms with Gasteiger partial charge in [-0.1, -0.05) is 61.7 Å². The molecule has 1 aromatic heterocycles. The number of benzene rings is 1. The van der Waals surface area contributed by atoms with E-state index in [0.717, 1.165) is 34.6 Å². The van der Waals surface area contributed by atoms with Gasteiger partial charge in [0.05, 0.1) is 15.8 Å². The predicted octanol–water partition coefficient (Wildman–Crippen LogP) is 4.22. The number of carbonyl (C=O) groups is 3. The lowest BCUT2D eigenvalue weighted by Gasteiger charge is -2.27. The third-order valence-electron chi connectivity index (χ3n) is 4.50. The zero-order valence-electron chi connectivity index (χ0n) is 14.3. The highest BCUT2D eigenvalue weighted by atomic mass is 35.5. The van der Waals surface area contributed by atoms with E-state index in [0.29, 0.717) is 15.6 Å². The van der Waals surface area contributed by atoms with Gasteiger partial charge in [-0.05, 0) is 24.1 Å². The van der Waals surface area contributed by atoms with E-state index in [2.05, 4.69) is 5.32 Å². The average molecular weight is 391 g/mol. The topological polar surface area (TPSA) is 66.5 Å². The van der Waals surface area contributed by atoms with Gasteiger partial charge in [-0.3, -0.25) is 14.5 Å². The first-order valence-electron chi connectivity index (χ1n) is 8.46. The van der Waals surface area contributed by atoms with Gasteiger partial charge in [-0.2, -0.15) is 0 Å². The summed E-state index contributed by atoms with van der Waals surface area (Å²) in [5, 5.41) is 2.84. The molecule has 3 rings (SSSR count). The Hall–Kier alpha value is -2.18. The minimum absolute atomic E-state index is 0.289. The highest BCUT2D eigenvalue weighted by Crippen LogP contribution is 2.34. The number of rotatable bonds is 7. The van der Waals surface area contributed by atoms with Crippen LogP contribution in [0.4, 0.5) is 4.79 Å². The van der Waals surface area contributed by atoms with E-state index in [1.54, 1.807) is 12.1 Å². The molecular weight excluding hydrogens is 372 g/mol. The zero-order valence-corrected chi connectivity index (χ0v) is 15.9. The summed E-state index contributed by atoms with van der Waals surface area (Å²) in [5.74, 6) is -0.678. The molecule has 0 radical (unpaired) electrons. The van der Waals surface area contributed by atoms with E-state index in [-0.39, 0.29) is 18.2 Å². The van der Waals surface area contributed by atoms with Gasteiger partial charge in [0.25, 0.3) is 5.91 Å². The molecule has 1 aromatic carbocycles. The zero-order chi connectivity index (χ0) is 18.7. The van der Waals surface area contributed by atoms with Crippen LogP contribution in [0.25, 0.3) is 0 Å². The van der Waals surface area contributed by atoms with Crippen LogP contribution in [0.1, 0.15) is 41.4 Å². The summed E-state index contributed by atoms with van der Waals surface area (Å²) >= 11 is 7.01. The lowest BCUT2D eigenvalue weighted by atomic mass is 9.85. The Bertz CT molecular complexity index is 836. The van der Waals surface area contributed by atoms with E-state index < -0.39 is 11.6 Å². The molecule has 0 saturated carbocycles. The van der Waals surface area contributed by atoms with Gasteiger partial charge in [0.1, 0.15) is 5.54 Å². The van der Waals surface area contributed by atoms with E-state index in [1.165, 1.54) is 0 Å². The number of nitrogens with zero attached hydrogens (tertiary/aromatic N) is 1. The Kier molecular flexibility index (Phi) is 5.44. The van der Waals surface area contributed by atoms with Gasteiger partial charge in [0, 0.05) is 0 Å². The minimum Gasteiger partial charge on any atom is -0.319 e. The molecule has 1 atom stereocenters. The number of ketones is 1. The molecule has 5 nitrogen and oxygen atoms in total. The standard InChI is InChI=1S/C19H19ClN2O3S/c1-2-3-11-19(13-7-5-4-6-8-13)17(24)22(18(25)21-19)12-14(23)15-9-10-16(20)26-15/h4-10H,2-3,11-12H2,1H3,(H,21,25)/t19-/m1/s1. The van der Waals surface area contributed by atoms with E-state index in [1.807, 2.05) is 37.3 Å². The Balaban J connectivity index is 1.88. The summed E-state index contributed by atoms with van der Waals surface area (Å²) in [6.07, 6.45) is 2.17. The maximum Gasteiger partial charge on any atom is 0.325 e. The summed E-state index contributed by atoms with van der Waals surface area (Å²) in [6, 6.07) is 11.9. The summed E-state index contributed by atoms with van der Waals surface area (Å²) < 4.78 is 0.493. The Labute approximate surface area is 161 Å². The fraction of sp³-hybridized carbons (Fsp3) is 0.316. The van der Waals surface area contributed by atoms with E-state index in [4.69, 9.17) is 11.6 Å². The summed E-state index contributed by atoms with van der Waals surface area (Å²) in [4.78, 5) is 39.6. The SMILES string of the molecule is CCCC[C@]1(c2ccccc2)NC(=O)N(CC(=O)c2ccc(Cl)s2)C1=O. The normalized spacial score (nSPS) is 19.7. The minimum atomic E-state index is -1.11. The molecule has 0 unspecified atom stereocenters. The molecule has 26 heavy (non-hydrogen) atoms. The van der Waals surface area contributed by atoms with Crippen LogP contribution >= 0.6 is 22.9 Å². The van der Waals surface area contributed by atoms with Crippen LogP contribution < -0.4 is 5.32 Å². The van der Waals surface area contributed by atoms with Gasteiger partial charge >= 0.3 is 6.03 Å². The van der Waals surface area contributed by atoms with Crippen LogP contribution in [-0.4, -0.2) is 29.2 Å². The van der Waals surface area contributed by atoms with Crippen molar-refractivity contribution in [3.8, 4) is 0 Å². The van der Waals surface area contributed by atoms with Crippen LogP contribution in [0.5, 0.6) is 0 Å². The number of amides is 3. The number of urea groups is 1. The number of nitrogens with one attached hydrogen (secondary N) is 1. The van der Waals surface area contributed by atoms with Crippen molar-refractivity contribution in [1.82, 2.24) is 10.2 Å². The smallest absolute Gasteiger partial charge is 0.319 e. The molecule has 0 aliphatic carbocycles. The van der Waals surface area contributed by atoms with Gasteiger partial charge in [0.15, 0.2) is 5.78 Å². The number of thiophene rings is 1. The molecule has 136 valence electrons. The fourth-order valence-electron chi connectivity index (χ4n) is 3.13. The lowest BCUT2D eigenvalue weighted by Crippen LogP contribution is -2.44. The van der Waals surface area contributed by atoms with Crippen molar-refractivity contribution in [2.45, 2.75) is 31.7 Å². The second kappa shape index (κ2) is 7.60. The van der Waals surface area contributed by atoms with Gasteiger partial charge in [-0.15, -0.1) is 11.3 Å². The Morgan fingerprint density at radius 1 is 1.19 bits per heavy atom. The largest absolute Gasteiger partial charge is 0.325 e. The summed E-state index contributed by atoms with van der Waals surface area (Å²) in [5.41, 5.74) is -0.372. The van der Waals surface area contributed by atoms with Crippen molar-refractivity contribution in [1.29, 1.82) is 0 Å². The van der Waals surface area contributed by atoms with Gasteiger partial charge < -0.3 is 5.32 Å². The van der Waals surface area contributed by atoms with Crippen molar-refractivity contribution >= 4 is 40.7 Å². The van der Waals surface area contributed by atoms with Crippen molar-refractivity contribution in [2.24, 2.45) is 0 Å². The summed E-state index contributed by atoms with van der Waals surface area (Å²) in [6.45, 7) is 1.74. The van der Waals surface area contributed by atoms with Crippen LogP contribution in [-0.2, 0) is 10.3 Å². The fourth-order valence-corrected chi connectivity index (χ4v) is 4.10. The van der Waals surface area contributed by atoms with Crippen molar-refractivity contribution in [3.63, 3.8) is 0 Å². The first-order chi connectivity index (χ1) is 12.5.